The van der Waals surface area contributed by atoms with Gasteiger partial charge in [0.05, 0.1) is 10.6 Å². The second kappa shape index (κ2) is 8.20. The maximum absolute atomic E-state index is 12.1. The number of hydrogen-bond acceptors (Lipinski definition) is 4. The van der Waals surface area contributed by atoms with Gasteiger partial charge in [0.25, 0.3) is 5.91 Å². The predicted molar refractivity (Wildman–Crippen MR) is 88.1 cm³/mol. The normalized spacial score (nSPS) is 11.3. The number of hydrogen-bond donors (Lipinski definition) is 2. The van der Waals surface area contributed by atoms with E-state index in [1.807, 2.05) is 0 Å². The fourth-order valence-corrected chi connectivity index (χ4v) is 2.52. The summed E-state index contributed by atoms with van der Waals surface area (Å²) in [4.78, 5) is 18.5. The van der Waals surface area contributed by atoms with Crippen molar-refractivity contribution in [1.82, 2.24) is 15.2 Å². The van der Waals surface area contributed by atoms with Crippen molar-refractivity contribution in [3.05, 3.63) is 22.8 Å². The minimum absolute atomic E-state index is 0.153. The van der Waals surface area contributed by atoms with E-state index in [1.54, 1.807) is 13.1 Å². The molecule has 1 heterocycles. The van der Waals surface area contributed by atoms with E-state index in [4.69, 9.17) is 11.6 Å². The van der Waals surface area contributed by atoms with Crippen LogP contribution in [0.15, 0.2) is 12.3 Å². The summed E-state index contributed by atoms with van der Waals surface area (Å²) in [7, 11) is 1.74. The maximum Gasteiger partial charge on any atom is 0.252 e. The highest BCUT2D eigenvalue weighted by Crippen LogP contribution is 2.19. The maximum atomic E-state index is 12.1. The van der Waals surface area contributed by atoms with E-state index in [-0.39, 0.29) is 5.91 Å². The molecule has 0 aliphatic rings. The molecule has 0 unspecified atom stereocenters. The molecule has 6 heteroatoms. The fraction of sp³-hybridized carbons (Fsp3) is 0.600. The molecule has 0 spiro atoms. The highest BCUT2D eigenvalue weighted by atomic mass is 35.5. The summed E-state index contributed by atoms with van der Waals surface area (Å²) in [6.07, 6.45) is 1.52. The zero-order valence-corrected chi connectivity index (χ0v) is 14.2. The molecular weight excluding hydrogens is 288 g/mol. The molecule has 1 amide bonds. The van der Waals surface area contributed by atoms with E-state index < -0.39 is 0 Å². The van der Waals surface area contributed by atoms with Gasteiger partial charge in [-0.2, -0.15) is 0 Å². The Hall–Kier alpha value is -1.33. The van der Waals surface area contributed by atoms with E-state index in [0.29, 0.717) is 35.0 Å². The first-order valence-electron chi connectivity index (χ1n) is 7.24. The molecule has 0 fully saturated rings. The molecular formula is C15H25ClN4O. The van der Waals surface area contributed by atoms with Crippen molar-refractivity contribution >= 4 is 23.3 Å². The molecule has 0 saturated carbocycles. The molecule has 0 aromatic carbocycles. The lowest BCUT2D eigenvalue weighted by atomic mass is 10.2. The Morgan fingerprint density at radius 3 is 2.43 bits per heavy atom. The molecule has 0 saturated heterocycles. The average Bonchev–Trinajstić information content (AvgIpc) is 2.42. The molecule has 1 rings (SSSR count). The molecule has 0 bridgehead atoms. The Kier molecular flexibility index (Phi) is 6.92. The number of aromatic nitrogens is 1. The van der Waals surface area contributed by atoms with Crippen molar-refractivity contribution in [3.8, 4) is 0 Å². The molecule has 2 N–H and O–H groups in total. The van der Waals surface area contributed by atoms with Crippen LogP contribution in [0.3, 0.4) is 0 Å². The summed E-state index contributed by atoms with van der Waals surface area (Å²) in [5.74, 6) is 0.415. The van der Waals surface area contributed by atoms with Crippen LogP contribution in [-0.2, 0) is 0 Å². The number of rotatable bonds is 7. The molecule has 0 aliphatic heterocycles. The van der Waals surface area contributed by atoms with Gasteiger partial charge in [0.15, 0.2) is 0 Å². The highest BCUT2D eigenvalue weighted by Gasteiger charge is 2.14. The van der Waals surface area contributed by atoms with Crippen LogP contribution >= 0.6 is 11.6 Å². The first kappa shape index (κ1) is 17.7. The van der Waals surface area contributed by atoms with Crippen LogP contribution in [0.4, 0.5) is 5.82 Å². The Balaban J connectivity index is 2.56. The van der Waals surface area contributed by atoms with Gasteiger partial charge in [-0.1, -0.05) is 11.6 Å². The number of nitrogens with zero attached hydrogens (tertiary/aromatic N) is 2. The molecule has 21 heavy (non-hydrogen) atoms. The Labute approximate surface area is 132 Å². The quantitative estimate of drug-likeness (QED) is 0.812. The van der Waals surface area contributed by atoms with Crippen LogP contribution in [0.1, 0.15) is 38.1 Å². The lowest BCUT2D eigenvalue weighted by Gasteiger charge is -2.30. The van der Waals surface area contributed by atoms with E-state index in [9.17, 15) is 4.79 Å². The van der Waals surface area contributed by atoms with E-state index in [1.165, 1.54) is 6.20 Å². The number of halogens is 1. The van der Waals surface area contributed by atoms with Crippen molar-refractivity contribution in [1.29, 1.82) is 0 Å². The van der Waals surface area contributed by atoms with Gasteiger partial charge in [-0.05, 0) is 33.8 Å². The molecule has 5 nitrogen and oxygen atoms in total. The number of carbonyl (C=O) groups is 1. The number of nitrogens with one attached hydrogen (secondary N) is 2. The van der Waals surface area contributed by atoms with Gasteiger partial charge >= 0.3 is 0 Å². The lowest BCUT2D eigenvalue weighted by Crippen LogP contribution is -2.42. The van der Waals surface area contributed by atoms with E-state index in [2.05, 4.69) is 48.2 Å². The third-order valence-corrected chi connectivity index (χ3v) is 3.61. The van der Waals surface area contributed by atoms with Gasteiger partial charge in [-0.25, -0.2) is 4.98 Å². The van der Waals surface area contributed by atoms with Crippen molar-refractivity contribution in [2.75, 3.05) is 25.5 Å². The Bertz CT molecular complexity index is 469. The molecule has 0 aliphatic carbocycles. The molecule has 1 aromatic rings. The Morgan fingerprint density at radius 2 is 1.95 bits per heavy atom. The fourth-order valence-electron chi connectivity index (χ4n) is 2.26. The third kappa shape index (κ3) is 5.17. The van der Waals surface area contributed by atoms with E-state index in [0.717, 1.165) is 6.54 Å². The monoisotopic (exact) mass is 312 g/mol. The first-order valence-corrected chi connectivity index (χ1v) is 7.61. The van der Waals surface area contributed by atoms with Crippen LogP contribution < -0.4 is 10.6 Å². The number of amides is 1. The van der Waals surface area contributed by atoms with Crippen molar-refractivity contribution in [2.45, 2.75) is 39.8 Å². The summed E-state index contributed by atoms with van der Waals surface area (Å²) in [5.41, 5.74) is 0.472. The third-order valence-electron chi connectivity index (χ3n) is 3.32. The average molecular weight is 313 g/mol. The molecule has 1 aromatic heterocycles. The minimum atomic E-state index is -0.153. The topological polar surface area (TPSA) is 57.3 Å². The van der Waals surface area contributed by atoms with Gasteiger partial charge in [0.2, 0.25) is 0 Å². The summed E-state index contributed by atoms with van der Waals surface area (Å²) in [5, 5.41) is 6.21. The van der Waals surface area contributed by atoms with Gasteiger partial charge < -0.3 is 10.6 Å². The van der Waals surface area contributed by atoms with Gasteiger partial charge in [0.1, 0.15) is 5.82 Å². The van der Waals surface area contributed by atoms with Crippen LogP contribution in [0.25, 0.3) is 0 Å². The van der Waals surface area contributed by atoms with Crippen LogP contribution in [0.5, 0.6) is 0 Å². The second-order valence-corrected chi connectivity index (χ2v) is 5.89. The van der Waals surface area contributed by atoms with Crippen molar-refractivity contribution in [3.63, 3.8) is 0 Å². The summed E-state index contributed by atoms with van der Waals surface area (Å²) in [6.45, 7) is 10.0. The van der Waals surface area contributed by atoms with Gasteiger partial charge in [0, 0.05) is 38.4 Å². The SMILES string of the molecule is CNc1ncc(C(=O)NCCN(C(C)C)C(C)C)cc1Cl. The predicted octanol–water partition coefficient (Wildman–Crippen LogP) is 2.63. The smallest absolute Gasteiger partial charge is 0.252 e. The summed E-state index contributed by atoms with van der Waals surface area (Å²) >= 11 is 6.03. The van der Waals surface area contributed by atoms with Crippen LogP contribution in [0, 0.1) is 0 Å². The van der Waals surface area contributed by atoms with Crippen LogP contribution in [-0.4, -0.2) is 48.0 Å². The minimum Gasteiger partial charge on any atom is -0.372 e. The van der Waals surface area contributed by atoms with Gasteiger partial charge in [-0.15, -0.1) is 0 Å². The van der Waals surface area contributed by atoms with Crippen LogP contribution in [0.2, 0.25) is 5.02 Å². The first-order chi connectivity index (χ1) is 9.86. The molecule has 0 radical (unpaired) electrons. The van der Waals surface area contributed by atoms with E-state index >= 15 is 0 Å². The van der Waals surface area contributed by atoms with Gasteiger partial charge in [-0.3, -0.25) is 9.69 Å². The Morgan fingerprint density at radius 1 is 1.33 bits per heavy atom. The zero-order chi connectivity index (χ0) is 16.0. The van der Waals surface area contributed by atoms with Crippen molar-refractivity contribution in [2.24, 2.45) is 0 Å². The number of pyridine rings is 1. The standard InChI is InChI=1S/C15H25ClN4O/c1-10(2)20(11(3)4)7-6-18-15(21)12-8-13(16)14(17-5)19-9-12/h8-11H,6-7H2,1-5H3,(H,17,19)(H,18,21). The zero-order valence-electron chi connectivity index (χ0n) is 13.4. The summed E-state index contributed by atoms with van der Waals surface area (Å²) in [6, 6.07) is 2.53. The lowest BCUT2D eigenvalue weighted by molar-refractivity contribution is 0.0939. The highest BCUT2D eigenvalue weighted by molar-refractivity contribution is 6.33. The summed E-state index contributed by atoms with van der Waals surface area (Å²) < 4.78 is 0. The number of carbonyl (C=O) groups excluding carboxylic acids is 1. The second-order valence-electron chi connectivity index (χ2n) is 5.49. The largest absolute Gasteiger partial charge is 0.372 e. The molecule has 0 atom stereocenters. The molecule has 118 valence electrons. The number of anilines is 1. The van der Waals surface area contributed by atoms with Crippen molar-refractivity contribution < 1.29 is 4.79 Å².